The molecule has 2 aromatic carbocycles. The van der Waals surface area contributed by atoms with E-state index in [4.69, 9.17) is 9.47 Å². The van der Waals surface area contributed by atoms with E-state index in [9.17, 15) is 4.79 Å². The summed E-state index contributed by atoms with van der Waals surface area (Å²) in [7, 11) is 3.22. The fraction of sp³-hybridized carbons (Fsp3) is 0.381. The smallest absolute Gasteiger partial charge is 0.251 e. The number of benzene rings is 2. The molecule has 0 radical (unpaired) electrons. The van der Waals surface area contributed by atoms with Gasteiger partial charge < -0.3 is 20.1 Å². The molecule has 1 saturated heterocycles. The third-order valence-electron chi connectivity index (χ3n) is 4.87. The summed E-state index contributed by atoms with van der Waals surface area (Å²) in [5.41, 5.74) is 2.88. The number of nitrogens with one attached hydrogen (secondary N) is 2. The van der Waals surface area contributed by atoms with Gasteiger partial charge >= 0.3 is 0 Å². The number of carbonyl (C=O) groups is 1. The van der Waals surface area contributed by atoms with E-state index in [0.717, 1.165) is 24.4 Å². The van der Waals surface area contributed by atoms with Crippen LogP contribution in [0.2, 0.25) is 0 Å². The van der Waals surface area contributed by atoms with Crippen LogP contribution >= 0.6 is 0 Å². The molecule has 0 aliphatic carbocycles. The van der Waals surface area contributed by atoms with Crippen LogP contribution in [0.15, 0.2) is 42.5 Å². The molecular formula is C21H26N2O3. The average molecular weight is 354 g/mol. The number of rotatable bonds is 6. The van der Waals surface area contributed by atoms with E-state index in [2.05, 4.69) is 22.8 Å². The molecule has 0 spiro atoms. The van der Waals surface area contributed by atoms with Crippen molar-refractivity contribution < 1.29 is 14.3 Å². The third-order valence-corrected chi connectivity index (χ3v) is 4.87. The molecule has 1 heterocycles. The monoisotopic (exact) mass is 354 g/mol. The Morgan fingerprint density at radius 1 is 1.15 bits per heavy atom. The zero-order chi connectivity index (χ0) is 18.4. The maximum atomic E-state index is 12.4. The molecule has 26 heavy (non-hydrogen) atoms. The Morgan fingerprint density at radius 3 is 2.62 bits per heavy atom. The first-order valence-corrected chi connectivity index (χ1v) is 9.01. The van der Waals surface area contributed by atoms with E-state index >= 15 is 0 Å². The molecule has 1 aliphatic rings. The van der Waals surface area contributed by atoms with Gasteiger partial charge in [-0.05, 0) is 55.1 Å². The minimum Gasteiger partial charge on any atom is -0.497 e. The Bertz CT molecular complexity index is 737. The Balaban J connectivity index is 1.61. The van der Waals surface area contributed by atoms with Gasteiger partial charge in [-0.25, -0.2) is 0 Å². The van der Waals surface area contributed by atoms with Gasteiger partial charge in [-0.1, -0.05) is 12.1 Å². The molecule has 0 unspecified atom stereocenters. The van der Waals surface area contributed by atoms with Gasteiger partial charge in [0.05, 0.1) is 14.2 Å². The quantitative estimate of drug-likeness (QED) is 0.837. The van der Waals surface area contributed by atoms with Crippen molar-refractivity contribution in [1.82, 2.24) is 10.6 Å². The highest BCUT2D eigenvalue weighted by atomic mass is 16.5. The molecule has 1 aliphatic heterocycles. The highest BCUT2D eigenvalue weighted by Crippen LogP contribution is 2.25. The average Bonchev–Trinajstić information content (AvgIpc) is 2.72. The molecule has 5 nitrogen and oxygen atoms in total. The van der Waals surface area contributed by atoms with Crippen molar-refractivity contribution in [3.8, 4) is 11.5 Å². The molecule has 2 N–H and O–H groups in total. The maximum absolute atomic E-state index is 12.4. The molecular weight excluding hydrogens is 328 g/mol. The lowest BCUT2D eigenvalue weighted by atomic mass is 9.91. The SMILES string of the molecule is COc1ccc(CNC(=O)c2ccc([C@@H]3CCCNC3)cc2)c(OC)c1. The highest BCUT2D eigenvalue weighted by Gasteiger charge is 2.15. The lowest BCUT2D eigenvalue weighted by molar-refractivity contribution is 0.0950. The van der Waals surface area contributed by atoms with Crippen LogP contribution in [0, 0.1) is 0 Å². The van der Waals surface area contributed by atoms with Crippen LogP contribution in [0.5, 0.6) is 11.5 Å². The van der Waals surface area contributed by atoms with E-state index in [0.29, 0.717) is 23.8 Å². The van der Waals surface area contributed by atoms with Crippen molar-refractivity contribution in [2.24, 2.45) is 0 Å². The Hall–Kier alpha value is -2.53. The van der Waals surface area contributed by atoms with Crippen LogP contribution in [0.3, 0.4) is 0 Å². The molecule has 138 valence electrons. The maximum Gasteiger partial charge on any atom is 0.251 e. The fourth-order valence-electron chi connectivity index (χ4n) is 3.32. The molecule has 1 amide bonds. The predicted octanol–water partition coefficient (Wildman–Crippen LogP) is 3.10. The highest BCUT2D eigenvalue weighted by molar-refractivity contribution is 5.94. The summed E-state index contributed by atoms with van der Waals surface area (Å²) in [5.74, 6) is 1.88. The van der Waals surface area contributed by atoms with Crippen molar-refractivity contribution in [1.29, 1.82) is 0 Å². The predicted molar refractivity (Wildman–Crippen MR) is 102 cm³/mol. The van der Waals surface area contributed by atoms with E-state index < -0.39 is 0 Å². The lowest BCUT2D eigenvalue weighted by Crippen LogP contribution is -2.28. The first kappa shape index (κ1) is 18.3. The zero-order valence-corrected chi connectivity index (χ0v) is 15.4. The van der Waals surface area contributed by atoms with Crippen LogP contribution in [-0.4, -0.2) is 33.2 Å². The van der Waals surface area contributed by atoms with Gasteiger partial charge in [-0.3, -0.25) is 4.79 Å². The first-order valence-electron chi connectivity index (χ1n) is 9.01. The normalized spacial score (nSPS) is 16.8. The number of carbonyl (C=O) groups excluding carboxylic acids is 1. The van der Waals surface area contributed by atoms with E-state index in [1.165, 1.54) is 18.4 Å². The largest absolute Gasteiger partial charge is 0.497 e. The second-order valence-corrected chi connectivity index (χ2v) is 6.53. The third kappa shape index (κ3) is 4.35. The molecule has 1 atom stereocenters. The molecule has 5 heteroatoms. The molecule has 1 fully saturated rings. The molecule has 0 aromatic heterocycles. The fourth-order valence-corrected chi connectivity index (χ4v) is 3.32. The van der Waals surface area contributed by atoms with Crippen molar-refractivity contribution in [2.45, 2.75) is 25.3 Å². The van der Waals surface area contributed by atoms with Crippen LogP contribution < -0.4 is 20.1 Å². The summed E-state index contributed by atoms with van der Waals surface area (Å²) >= 11 is 0. The summed E-state index contributed by atoms with van der Waals surface area (Å²) < 4.78 is 10.6. The summed E-state index contributed by atoms with van der Waals surface area (Å²) in [6.45, 7) is 2.52. The van der Waals surface area contributed by atoms with Crippen molar-refractivity contribution >= 4 is 5.91 Å². The molecule has 2 aromatic rings. The summed E-state index contributed by atoms with van der Waals surface area (Å²) in [6.07, 6.45) is 2.41. The van der Waals surface area contributed by atoms with Crippen molar-refractivity contribution in [3.63, 3.8) is 0 Å². The van der Waals surface area contributed by atoms with E-state index in [-0.39, 0.29) is 5.91 Å². The number of methoxy groups -OCH3 is 2. The van der Waals surface area contributed by atoms with Crippen LogP contribution in [0.4, 0.5) is 0 Å². The molecule has 0 saturated carbocycles. The van der Waals surface area contributed by atoms with Gasteiger partial charge in [0.15, 0.2) is 0 Å². The van der Waals surface area contributed by atoms with Crippen LogP contribution in [0.25, 0.3) is 0 Å². The topological polar surface area (TPSA) is 59.6 Å². The molecule has 3 rings (SSSR count). The van der Waals surface area contributed by atoms with Gasteiger partial charge in [-0.2, -0.15) is 0 Å². The summed E-state index contributed by atoms with van der Waals surface area (Å²) in [4.78, 5) is 12.4. The van der Waals surface area contributed by atoms with Crippen LogP contribution in [-0.2, 0) is 6.54 Å². The van der Waals surface area contributed by atoms with Gasteiger partial charge in [0.1, 0.15) is 11.5 Å². The molecule has 0 bridgehead atoms. The van der Waals surface area contributed by atoms with Gasteiger partial charge in [-0.15, -0.1) is 0 Å². The summed E-state index contributed by atoms with van der Waals surface area (Å²) in [5, 5.41) is 6.38. The standard InChI is InChI=1S/C21H26N2O3/c1-25-19-10-9-18(20(12-19)26-2)14-23-21(24)16-7-5-15(6-8-16)17-4-3-11-22-13-17/h5-10,12,17,22H,3-4,11,13-14H2,1-2H3,(H,23,24)/t17-/m1/s1. The van der Waals surface area contributed by atoms with Gasteiger partial charge in [0.2, 0.25) is 0 Å². The lowest BCUT2D eigenvalue weighted by Gasteiger charge is -2.23. The minimum absolute atomic E-state index is 0.0869. The number of hydrogen-bond acceptors (Lipinski definition) is 4. The number of amides is 1. The zero-order valence-electron chi connectivity index (χ0n) is 15.4. The summed E-state index contributed by atoms with van der Waals surface area (Å²) in [6, 6.07) is 13.5. The Labute approximate surface area is 154 Å². The van der Waals surface area contributed by atoms with Crippen molar-refractivity contribution in [3.05, 3.63) is 59.2 Å². The first-order chi connectivity index (χ1) is 12.7. The van der Waals surface area contributed by atoms with E-state index in [1.807, 2.05) is 30.3 Å². The van der Waals surface area contributed by atoms with Gasteiger partial charge in [0.25, 0.3) is 5.91 Å². The Kier molecular flexibility index (Phi) is 6.12. The number of hydrogen-bond donors (Lipinski definition) is 2. The van der Waals surface area contributed by atoms with Crippen molar-refractivity contribution in [2.75, 3.05) is 27.3 Å². The minimum atomic E-state index is -0.0869. The van der Waals surface area contributed by atoms with E-state index in [1.54, 1.807) is 14.2 Å². The van der Waals surface area contributed by atoms with Crippen LogP contribution in [0.1, 0.15) is 40.2 Å². The second kappa shape index (κ2) is 8.72. The second-order valence-electron chi connectivity index (χ2n) is 6.53. The number of ether oxygens (including phenoxy) is 2. The Morgan fingerprint density at radius 2 is 1.96 bits per heavy atom. The number of piperidine rings is 1. The van der Waals surface area contributed by atoms with Gasteiger partial charge in [0, 0.05) is 30.3 Å².